The highest BCUT2D eigenvalue weighted by Gasteiger charge is 2.06. The Morgan fingerprint density at radius 3 is 2.17 bits per heavy atom. The van der Waals surface area contributed by atoms with E-state index in [0.29, 0.717) is 6.67 Å². The summed E-state index contributed by atoms with van der Waals surface area (Å²) in [5.41, 5.74) is 0.765. The molecule has 7 nitrogen and oxygen atoms in total. The van der Waals surface area contributed by atoms with E-state index >= 15 is 0 Å². The summed E-state index contributed by atoms with van der Waals surface area (Å²) in [5, 5.41) is 10.9. The molecule has 0 unspecified atom stereocenters. The molecule has 2 aromatic rings. The quantitative estimate of drug-likeness (QED) is 0.585. The molecule has 0 aliphatic heterocycles. The van der Waals surface area contributed by atoms with Crippen molar-refractivity contribution in [2.75, 3.05) is 13.7 Å². The molecule has 0 aromatic heterocycles. The van der Waals surface area contributed by atoms with Crippen LogP contribution in [0.4, 0.5) is 5.69 Å². The second kappa shape index (κ2) is 8.06. The van der Waals surface area contributed by atoms with Crippen molar-refractivity contribution in [3.63, 3.8) is 0 Å². The summed E-state index contributed by atoms with van der Waals surface area (Å²) < 4.78 is 34.2. The van der Waals surface area contributed by atoms with Crippen molar-refractivity contribution in [3.8, 4) is 5.75 Å². The molecule has 9 heteroatoms. The Morgan fingerprint density at radius 2 is 1.65 bits per heavy atom. The molecule has 0 radical (unpaired) electrons. The Morgan fingerprint density at radius 1 is 1.09 bits per heavy atom. The maximum Gasteiger partial charge on any atom is 0.446 e. The zero-order chi connectivity index (χ0) is 16.7. The molecule has 0 amide bonds. The van der Waals surface area contributed by atoms with E-state index in [1.807, 2.05) is 24.3 Å². The van der Waals surface area contributed by atoms with E-state index < -0.39 is 10.4 Å². The third-order valence-corrected chi connectivity index (χ3v) is 3.93. The van der Waals surface area contributed by atoms with Crippen LogP contribution in [0.15, 0.2) is 68.6 Å². The zero-order valence-electron chi connectivity index (χ0n) is 12.2. The van der Waals surface area contributed by atoms with Crippen molar-refractivity contribution in [2.24, 2.45) is 10.2 Å². The lowest BCUT2D eigenvalue weighted by atomic mass is 10.3. The summed E-state index contributed by atoms with van der Waals surface area (Å²) in [7, 11) is -2.70. The van der Waals surface area contributed by atoms with Crippen molar-refractivity contribution in [2.45, 2.75) is 9.79 Å². The first-order valence-electron chi connectivity index (χ1n) is 6.53. The van der Waals surface area contributed by atoms with Gasteiger partial charge in [-0.3, -0.25) is 9.87 Å². The normalized spacial score (nSPS) is 11.7. The third kappa shape index (κ3) is 6.37. The summed E-state index contributed by atoms with van der Waals surface area (Å²) in [5.74, 6) is 0.0529. The largest absolute Gasteiger partial charge is 0.446 e. The van der Waals surface area contributed by atoms with E-state index in [9.17, 15) is 8.42 Å². The minimum atomic E-state index is -4.49. The molecule has 2 rings (SSSR count). The van der Waals surface area contributed by atoms with E-state index in [-0.39, 0.29) is 5.75 Å². The number of hydrogen-bond acceptors (Lipinski definition) is 7. The van der Waals surface area contributed by atoms with Gasteiger partial charge in [0.05, 0.1) is 5.69 Å². The van der Waals surface area contributed by atoms with Gasteiger partial charge in [0.25, 0.3) is 0 Å². The summed E-state index contributed by atoms with van der Waals surface area (Å²) in [6, 6.07) is 13.9. The van der Waals surface area contributed by atoms with Gasteiger partial charge >= 0.3 is 10.4 Å². The van der Waals surface area contributed by atoms with Crippen LogP contribution >= 0.6 is 11.8 Å². The summed E-state index contributed by atoms with van der Waals surface area (Å²) in [6.07, 6.45) is 0. The second-order valence-corrected chi connectivity index (χ2v) is 6.50. The van der Waals surface area contributed by atoms with Crippen molar-refractivity contribution in [1.29, 1.82) is 0 Å². The van der Waals surface area contributed by atoms with Gasteiger partial charge in [0.2, 0.25) is 0 Å². The number of rotatable bonds is 7. The van der Waals surface area contributed by atoms with Crippen molar-refractivity contribution in [3.05, 3.63) is 48.5 Å². The van der Waals surface area contributed by atoms with Gasteiger partial charge in [-0.05, 0) is 55.6 Å². The predicted octanol–water partition coefficient (Wildman–Crippen LogP) is 3.28. The van der Waals surface area contributed by atoms with E-state index in [2.05, 4.69) is 19.7 Å². The Kier molecular flexibility index (Phi) is 6.11. The monoisotopic (exact) mass is 353 g/mol. The lowest BCUT2D eigenvalue weighted by Crippen LogP contribution is -2.06. The molecule has 0 spiro atoms. The van der Waals surface area contributed by atoms with Crippen LogP contribution in [-0.4, -0.2) is 26.7 Å². The summed E-state index contributed by atoms with van der Waals surface area (Å²) in [6.45, 7) is 0.467. The fourth-order valence-corrected chi connectivity index (χ4v) is 2.76. The van der Waals surface area contributed by atoms with Gasteiger partial charge in [0.1, 0.15) is 12.4 Å². The van der Waals surface area contributed by atoms with Crippen LogP contribution in [-0.2, 0) is 10.4 Å². The predicted molar refractivity (Wildman–Crippen MR) is 87.6 cm³/mol. The molecule has 0 bridgehead atoms. The molecule has 0 heterocycles. The topological polar surface area (TPSA) is 100 Å². The van der Waals surface area contributed by atoms with Crippen molar-refractivity contribution >= 4 is 27.8 Å². The van der Waals surface area contributed by atoms with Gasteiger partial charge in [-0.25, -0.2) is 0 Å². The minimum Gasteiger partial charge on any atom is -0.362 e. The fraction of sp³-hybridized carbons (Fsp3) is 0.143. The molecule has 23 heavy (non-hydrogen) atoms. The lowest BCUT2D eigenvalue weighted by Gasteiger charge is -2.04. The average molecular weight is 353 g/mol. The average Bonchev–Trinajstić information content (AvgIpc) is 2.50. The Bertz CT molecular complexity index is 760. The SMILES string of the molecule is CNCN=Nc1ccc(Sc2ccc(OS(=O)(=O)O)cc2)cc1. The molecule has 2 aromatic carbocycles. The third-order valence-electron chi connectivity index (χ3n) is 2.51. The lowest BCUT2D eigenvalue weighted by molar-refractivity contribution is 0.386. The van der Waals surface area contributed by atoms with E-state index in [0.717, 1.165) is 15.5 Å². The molecular formula is C14H15N3O4S2. The number of nitrogens with one attached hydrogen (secondary N) is 1. The summed E-state index contributed by atoms with van der Waals surface area (Å²) in [4.78, 5) is 1.90. The van der Waals surface area contributed by atoms with E-state index in [4.69, 9.17) is 4.55 Å². The van der Waals surface area contributed by atoms with Crippen LogP contribution < -0.4 is 9.50 Å². The van der Waals surface area contributed by atoms with Crippen molar-refractivity contribution in [1.82, 2.24) is 5.32 Å². The molecule has 0 aliphatic rings. The van der Waals surface area contributed by atoms with Gasteiger partial charge in [-0.1, -0.05) is 11.8 Å². The Balaban J connectivity index is 1.99. The van der Waals surface area contributed by atoms with Crippen LogP contribution in [0.2, 0.25) is 0 Å². The number of hydrogen-bond donors (Lipinski definition) is 2. The van der Waals surface area contributed by atoms with Gasteiger partial charge in [0, 0.05) is 9.79 Å². The smallest absolute Gasteiger partial charge is 0.362 e. The summed E-state index contributed by atoms with van der Waals surface area (Å²) >= 11 is 1.50. The van der Waals surface area contributed by atoms with Gasteiger partial charge < -0.3 is 4.18 Å². The van der Waals surface area contributed by atoms with E-state index in [1.165, 1.54) is 23.9 Å². The van der Waals surface area contributed by atoms with Crippen molar-refractivity contribution < 1.29 is 17.2 Å². The first-order valence-corrected chi connectivity index (χ1v) is 8.71. The zero-order valence-corrected chi connectivity index (χ0v) is 13.8. The molecule has 0 saturated heterocycles. The number of nitrogens with zero attached hydrogens (tertiary/aromatic N) is 2. The molecule has 122 valence electrons. The Labute approximate surface area is 138 Å². The first kappa shape index (κ1) is 17.4. The maximum absolute atomic E-state index is 10.6. The number of azo groups is 1. The van der Waals surface area contributed by atoms with E-state index in [1.54, 1.807) is 19.2 Å². The molecule has 0 saturated carbocycles. The standard InChI is InChI=1S/C14H15N3O4S2/c1-15-10-16-17-11-2-6-13(7-3-11)22-14-8-4-12(5-9-14)21-23(18,19)20/h2-9,15H,10H2,1H3,(H,18,19,20). The maximum atomic E-state index is 10.6. The molecule has 0 fully saturated rings. The highest BCUT2D eigenvalue weighted by molar-refractivity contribution is 7.99. The first-order chi connectivity index (χ1) is 11.0. The highest BCUT2D eigenvalue weighted by Crippen LogP contribution is 2.30. The van der Waals surface area contributed by atoms with Crippen LogP contribution in [0.25, 0.3) is 0 Å². The molecule has 0 aliphatic carbocycles. The second-order valence-electron chi connectivity index (χ2n) is 4.33. The molecule has 0 atom stereocenters. The van der Waals surface area contributed by atoms with Gasteiger partial charge in [-0.2, -0.15) is 18.6 Å². The minimum absolute atomic E-state index is 0.0529. The van der Waals surface area contributed by atoms with Crippen LogP contribution in [0.1, 0.15) is 0 Å². The number of benzene rings is 2. The van der Waals surface area contributed by atoms with Gasteiger partial charge in [0.15, 0.2) is 0 Å². The molecular weight excluding hydrogens is 338 g/mol. The Hall–Kier alpha value is -1.94. The highest BCUT2D eigenvalue weighted by atomic mass is 32.3. The van der Waals surface area contributed by atoms with Crippen LogP contribution in [0.5, 0.6) is 5.75 Å². The molecule has 2 N–H and O–H groups in total. The van der Waals surface area contributed by atoms with Crippen LogP contribution in [0.3, 0.4) is 0 Å². The fourth-order valence-electron chi connectivity index (χ4n) is 1.59. The van der Waals surface area contributed by atoms with Gasteiger partial charge in [-0.15, -0.1) is 0 Å². The van der Waals surface area contributed by atoms with Crippen LogP contribution in [0, 0.1) is 0 Å².